The van der Waals surface area contributed by atoms with Crippen LogP contribution in [0.2, 0.25) is 0 Å². The number of aromatic nitrogens is 2. The first kappa shape index (κ1) is 17.2. The molecule has 0 bridgehead atoms. The van der Waals surface area contributed by atoms with Crippen LogP contribution in [0.15, 0.2) is 48.8 Å². The van der Waals surface area contributed by atoms with Gasteiger partial charge >= 0.3 is 0 Å². The topological polar surface area (TPSA) is 24.3 Å². The molecule has 0 aliphatic carbocycles. The SMILES string of the molecule is Cc1c[c-]c(-c2[c-]cccc2)cc1N1c2nccn2N(C)[C@@H]1C.[Y]. The van der Waals surface area contributed by atoms with Crippen LogP contribution < -0.4 is 9.91 Å². The molecule has 4 nitrogen and oxygen atoms in total. The van der Waals surface area contributed by atoms with Crippen LogP contribution in [-0.4, -0.2) is 22.9 Å². The molecule has 2 heterocycles. The molecule has 0 N–H and O–H groups in total. The molecule has 4 rings (SSSR count). The number of imidazole rings is 1. The molecular weight excluding hydrogens is 373 g/mol. The second-order valence-corrected chi connectivity index (χ2v) is 5.84. The molecule has 24 heavy (non-hydrogen) atoms. The number of benzene rings is 2. The fourth-order valence-electron chi connectivity index (χ4n) is 3.06. The summed E-state index contributed by atoms with van der Waals surface area (Å²) in [5, 5.41) is 2.17. The van der Waals surface area contributed by atoms with Crippen molar-refractivity contribution in [3.63, 3.8) is 0 Å². The van der Waals surface area contributed by atoms with E-state index in [4.69, 9.17) is 0 Å². The second kappa shape index (κ2) is 6.69. The predicted octanol–water partition coefficient (Wildman–Crippen LogP) is 3.52. The van der Waals surface area contributed by atoms with Crippen LogP contribution in [0, 0.1) is 19.1 Å². The van der Waals surface area contributed by atoms with Gasteiger partial charge in [-0.1, -0.05) is 6.92 Å². The fourth-order valence-corrected chi connectivity index (χ4v) is 3.06. The molecule has 3 aromatic rings. The predicted molar refractivity (Wildman–Crippen MR) is 92.3 cm³/mol. The third kappa shape index (κ3) is 2.68. The first-order valence-electron chi connectivity index (χ1n) is 7.72. The largest absolute Gasteiger partial charge is 0.306 e. The van der Waals surface area contributed by atoms with E-state index in [-0.39, 0.29) is 38.9 Å². The summed E-state index contributed by atoms with van der Waals surface area (Å²) in [5.41, 5.74) is 4.44. The van der Waals surface area contributed by atoms with Crippen molar-refractivity contribution < 1.29 is 32.7 Å². The van der Waals surface area contributed by atoms with Crippen molar-refractivity contribution in [2.45, 2.75) is 20.0 Å². The van der Waals surface area contributed by atoms with E-state index in [1.165, 1.54) is 5.56 Å². The standard InChI is InChI=1S/C19H18N4.Y/c1-14-9-10-17(16-7-5-4-6-8-16)13-18(14)23-15(2)21(3)22-12-11-20-19(22)23;/h4-7,9,11-13,15H,1-3H3;/q-2;/t15-;/m0./s1. The molecule has 5 heteroatoms. The number of anilines is 2. The third-order valence-electron chi connectivity index (χ3n) is 4.46. The van der Waals surface area contributed by atoms with Crippen LogP contribution in [0.5, 0.6) is 0 Å². The van der Waals surface area contributed by atoms with Gasteiger partial charge in [-0.15, -0.1) is 11.6 Å². The number of hydrogen-bond acceptors (Lipinski definition) is 3. The summed E-state index contributed by atoms with van der Waals surface area (Å²) in [7, 11) is 2.08. The first-order valence-corrected chi connectivity index (χ1v) is 7.72. The van der Waals surface area contributed by atoms with Gasteiger partial charge in [0.25, 0.3) is 0 Å². The summed E-state index contributed by atoms with van der Waals surface area (Å²) in [6.45, 7) is 4.29. The molecule has 1 atom stereocenters. The summed E-state index contributed by atoms with van der Waals surface area (Å²) < 4.78 is 2.08. The van der Waals surface area contributed by atoms with Gasteiger partial charge in [0.15, 0.2) is 0 Å². The molecule has 2 aromatic carbocycles. The Morgan fingerprint density at radius 3 is 2.75 bits per heavy atom. The van der Waals surface area contributed by atoms with Crippen molar-refractivity contribution in [1.82, 2.24) is 9.66 Å². The molecule has 0 spiro atoms. The van der Waals surface area contributed by atoms with E-state index in [9.17, 15) is 0 Å². The van der Waals surface area contributed by atoms with E-state index in [0.29, 0.717) is 0 Å². The Hall–Kier alpha value is -1.65. The van der Waals surface area contributed by atoms with E-state index >= 15 is 0 Å². The molecule has 1 aliphatic heterocycles. The number of fused-ring (bicyclic) bond motifs is 1. The van der Waals surface area contributed by atoms with Crippen molar-refractivity contribution in [3.8, 4) is 11.1 Å². The summed E-state index contributed by atoms with van der Waals surface area (Å²) >= 11 is 0. The van der Waals surface area contributed by atoms with Gasteiger partial charge in [0.1, 0.15) is 6.17 Å². The Bertz CT molecular complexity index is 844. The van der Waals surface area contributed by atoms with Crippen LogP contribution in [-0.2, 0) is 32.7 Å². The molecule has 1 aromatic heterocycles. The van der Waals surface area contributed by atoms with Gasteiger partial charge in [0.2, 0.25) is 5.95 Å². The van der Waals surface area contributed by atoms with Crippen molar-refractivity contribution >= 4 is 11.6 Å². The molecule has 0 saturated carbocycles. The summed E-state index contributed by atoms with van der Waals surface area (Å²) in [6.07, 6.45) is 4.02. The van der Waals surface area contributed by atoms with Crippen LogP contribution >= 0.6 is 0 Å². The quantitative estimate of drug-likeness (QED) is 0.625. The minimum atomic E-state index is 0. The van der Waals surface area contributed by atoms with Crippen LogP contribution in [0.4, 0.5) is 11.6 Å². The zero-order chi connectivity index (χ0) is 16.0. The van der Waals surface area contributed by atoms with Crippen molar-refractivity contribution in [3.05, 3.63) is 66.5 Å². The van der Waals surface area contributed by atoms with Crippen molar-refractivity contribution in [2.24, 2.45) is 0 Å². The molecular formula is C19H18N4Y-2. The van der Waals surface area contributed by atoms with Crippen LogP contribution in [0.3, 0.4) is 0 Å². The number of rotatable bonds is 2. The van der Waals surface area contributed by atoms with Gasteiger partial charge in [0, 0.05) is 52.2 Å². The normalized spacial score (nSPS) is 16.0. The molecule has 119 valence electrons. The summed E-state index contributed by atoms with van der Waals surface area (Å²) in [6, 6.07) is 18.9. The monoisotopic (exact) mass is 391 g/mol. The minimum Gasteiger partial charge on any atom is -0.306 e. The van der Waals surface area contributed by atoms with Gasteiger partial charge < -0.3 is 4.90 Å². The Morgan fingerprint density at radius 1 is 1.17 bits per heavy atom. The zero-order valence-corrected chi connectivity index (χ0v) is 16.9. The minimum absolute atomic E-state index is 0. The van der Waals surface area contributed by atoms with Gasteiger partial charge in [-0.2, -0.15) is 42.5 Å². The second-order valence-electron chi connectivity index (χ2n) is 5.84. The number of nitrogens with zero attached hydrogens (tertiary/aromatic N) is 4. The average Bonchev–Trinajstić information content (AvgIpc) is 3.13. The molecule has 0 fully saturated rings. The smallest absolute Gasteiger partial charge is 0.229 e. The maximum Gasteiger partial charge on any atom is 0.229 e. The van der Waals surface area contributed by atoms with E-state index < -0.39 is 0 Å². The molecule has 1 aliphatic rings. The number of aryl methyl sites for hydroxylation is 1. The van der Waals surface area contributed by atoms with Gasteiger partial charge in [0.05, 0.1) is 0 Å². The summed E-state index contributed by atoms with van der Waals surface area (Å²) in [4.78, 5) is 6.79. The third-order valence-corrected chi connectivity index (χ3v) is 4.46. The van der Waals surface area contributed by atoms with Gasteiger partial charge in [-0.05, 0) is 12.6 Å². The van der Waals surface area contributed by atoms with Crippen LogP contribution in [0.25, 0.3) is 11.1 Å². The zero-order valence-electron chi connectivity index (χ0n) is 14.1. The van der Waals surface area contributed by atoms with E-state index in [2.05, 4.69) is 64.7 Å². The Balaban J connectivity index is 0.00000169. The first-order chi connectivity index (χ1) is 11.2. The summed E-state index contributed by atoms with van der Waals surface area (Å²) in [5.74, 6) is 0.942. The van der Waals surface area contributed by atoms with Gasteiger partial charge in [-0.3, -0.25) is 5.01 Å². The van der Waals surface area contributed by atoms with Gasteiger partial charge in [-0.25, -0.2) is 20.8 Å². The van der Waals surface area contributed by atoms with Crippen molar-refractivity contribution in [2.75, 3.05) is 17.0 Å². The molecule has 0 unspecified atom stereocenters. The molecule has 1 radical (unpaired) electrons. The Kier molecular flexibility index (Phi) is 4.79. The van der Waals surface area contributed by atoms with E-state index in [0.717, 1.165) is 22.8 Å². The van der Waals surface area contributed by atoms with E-state index in [1.54, 1.807) is 0 Å². The average molecular weight is 391 g/mol. The van der Waals surface area contributed by atoms with E-state index in [1.807, 2.05) is 36.7 Å². The Morgan fingerprint density at radius 2 is 2.00 bits per heavy atom. The number of hydrogen-bond donors (Lipinski definition) is 0. The molecule has 0 amide bonds. The fraction of sp³-hybridized carbons (Fsp3) is 0.211. The maximum atomic E-state index is 4.53. The van der Waals surface area contributed by atoms with Crippen LogP contribution in [0.1, 0.15) is 12.5 Å². The maximum absolute atomic E-state index is 4.53. The molecule has 0 saturated heterocycles. The van der Waals surface area contributed by atoms with Crippen molar-refractivity contribution in [1.29, 1.82) is 0 Å². The Labute approximate surface area is 168 Å².